The molecule has 1 fully saturated rings. The smallest absolute Gasteiger partial charge is 0.193 e. The fourth-order valence-corrected chi connectivity index (χ4v) is 3.64. The lowest BCUT2D eigenvalue weighted by Gasteiger charge is -2.38. The monoisotopic (exact) mass is 537 g/mol. The molecule has 148 valence electrons. The Labute approximate surface area is 184 Å². The molecule has 1 unspecified atom stereocenters. The molecule has 0 bridgehead atoms. The Morgan fingerprint density at radius 2 is 1.92 bits per heavy atom. The molecule has 1 aromatic carbocycles. The Bertz CT molecular complexity index is 561. The van der Waals surface area contributed by atoms with E-state index in [1.54, 1.807) is 0 Å². The van der Waals surface area contributed by atoms with Gasteiger partial charge in [-0.1, -0.05) is 41.1 Å². The predicted molar refractivity (Wildman–Crippen MR) is 126 cm³/mol. The number of hydrogen-bond acceptors (Lipinski definition) is 3. The first-order valence-corrected chi connectivity index (χ1v) is 9.96. The average molecular weight is 538 g/mol. The third-order valence-electron chi connectivity index (χ3n) is 4.97. The summed E-state index contributed by atoms with van der Waals surface area (Å²) < 4.78 is 1.14. The first-order chi connectivity index (χ1) is 12.0. The lowest BCUT2D eigenvalue weighted by molar-refractivity contribution is 0.107. The van der Waals surface area contributed by atoms with Crippen molar-refractivity contribution in [1.29, 1.82) is 0 Å². The quantitative estimate of drug-likeness (QED) is 0.343. The van der Waals surface area contributed by atoms with Gasteiger partial charge in [-0.2, -0.15) is 0 Å². The highest BCUT2D eigenvalue weighted by Gasteiger charge is 2.20. The van der Waals surface area contributed by atoms with Gasteiger partial charge in [-0.15, -0.1) is 24.0 Å². The van der Waals surface area contributed by atoms with Crippen molar-refractivity contribution < 1.29 is 0 Å². The normalized spacial score (nSPS) is 17.5. The SMILES string of the molecule is CCN1CCN(C(C)CNC(=NC)N(C)Cc2ccccc2Br)CC1.I. The maximum absolute atomic E-state index is 4.45. The van der Waals surface area contributed by atoms with Crippen LogP contribution in [0.2, 0.25) is 0 Å². The minimum atomic E-state index is 0. The van der Waals surface area contributed by atoms with Crippen LogP contribution < -0.4 is 5.32 Å². The maximum atomic E-state index is 4.45. The maximum Gasteiger partial charge on any atom is 0.193 e. The van der Waals surface area contributed by atoms with Crippen LogP contribution >= 0.6 is 39.9 Å². The van der Waals surface area contributed by atoms with Gasteiger partial charge in [-0.05, 0) is 25.1 Å². The number of halogens is 2. The zero-order valence-corrected chi connectivity index (χ0v) is 20.3. The van der Waals surface area contributed by atoms with E-state index in [4.69, 9.17) is 0 Å². The number of nitrogens with one attached hydrogen (secondary N) is 1. The summed E-state index contributed by atoms with van der Waals surface area (Å²) in [5.74, 6) is 0.940. The summed E-state index contributed by atoms with van der Waals surface area (Å²) in [4.78, 5) is 11.7. The highest BCUT2D eigenvalue weighted by molar-refractivity contribution is 14.0. The Morgan fingerprint density at radius 3 is 2.50 bits per heavy atom. The molecule has 1 aromatic rings. The zero-order valence-electron chi connectivity index (χ0n) is 16.4. The molecule has 2 rings (SSSR count). The number of aliphatic imine (C=N–C) groups is 1. The van der Waals surface area contributed by atoms with E-state index >= 15 is 0 Å². The molecule has 1 atom stereocenters. The van der Waals surface area contributed by atoms with E-state index < -0.39 is 0 Å². The molecule has 26 heavy (non-hydrogen) atoms. The molecule has 0 saturated carbocycles. The lowest BCUT2D eigenvalue weighted by Crippen LogP contribution is -2.53. The molecule has 1 aliphatic rings. The van der Waals surface area contributed by atoms with Crippen molar-refractivity contribution in [3.8, 4) is 0 Å². The van der Waals surface area contributed by atoms with Crippen molar-refractivity contribution in [2.45, 2.75) is 26.4 Å². The molecule has 0 aliphatic carbocycles. The number of rotatable bonds is 6. The highest BCUT2D eigenvalue weighted by atomic mass is 127. The molecule has 0 radical (unpaired) electrons. The molecule has 1 heterocycles. The molecule has 0 aromatic heterocycles. The second kappa shape index (κ2) is 12.2. The summed E-state index contributed by atoms with van der Waals surface area (Å²) in [6.45, 7) is 12.1. The number of guanidine groups is 1. The van der Waals surface area contributed by atoms with Gasteiger partial charge < -0.3 is 15.1 Å². The van der Waals surface area contributed by atoms with Crippen molar-refractivity contribution in [2.24, 2.45) is 4.99 Å². The predicted octanol–water partition coefficient (Wildman–Crippen LogP) is 3.10. The van der Waals surface area contributed by atoms with Gasteiger partial charge in [0, 0.05) is 63.9 Å². The van der Waals surface area contributed by atoms with Crippen LogP contribution in [0.15, 0.2) is 33.7 Å². The van der Waals surface area contributed by atoms with Gasteiger partial charge >= 0.3 is 0 Å². The van der Waals surface area contributed by atoms with E-state index in [-0.39, 0.29) is 24.0 Å². The van der Waals surface area contributed by atoms with Crippen LogP contribution in [-0.2, 0) is 6.54 Å². The molecule has 1 saturated heterocycles. The van der Waals surface area contributed by atoms with Gasteiger partial charge in [0.1, 0.15) is 0 Å². The van der Waals surface area contributed by atoms with Crippen LogP contribution in [0.3, 0.4) is 0 Å². The van der Waals surface area contributed by atoms with E-state index in [1.807, 2.05) is 13.1 Å². The molecule has 0 spiro atoms. The highest BCUT2D eigenvalue weighted by Crippen LogP contribution is 2.17. The summed E-state index contributed by atoms with van der Waals surface area (Å²) >= 11 is 3.62. The van der Waals surface area contributed by atoms with E-state index in [9.17, 15) is 0 Å². The fourth-order valence-electron chi connectivity index (χ4n) is 3.23. The van der Waals surface area contributed by atoms with Gasteiger partial charge in [0.15, 0.2) is 5.96 Å². The van der Waals surface area contributed by atoms with Gasteiger partial charge in [-0.3, -0.25) is 9.89 Å². The van der Waals surface area contributed by atoms with Crippen LogP contribution in [0, 0.1) is 0 Å². The van der Waals surface area contributed by atoms with E-state index in [0.29, 0.717) is 6.04 Å². The number of benzene rings is 1. The number of nitrogens with zero attached hydrogens (tertiary/aromatic N) is 4. The van der Waals surface area contributed by atoms with E-state index in [1.165, 1.54) is 18.7 Å². The second-order valence-corrected chi connectivity index (χ2v) is 7.55. The van der Waals surface area contributed by atoms with Crippen LogP contribution in [0.1, 0.15) is 19.4 Å². The summed E-state index contributed by atoms with van der Waals surface area (Å²) in [5, 5.41) is 3.54. The second-order valence-electron chi connectivity index (χ2n) is 6.69. The number of piperazine rings is 1. The molecule has 5 nitrogen and oxygen atoms in total. The molecular formula is C19H33BrIN5. The van der Waals surface area contributed by atoms with E-state index in [0.717, 1.165) is 43.2 Å². The summed E-state index contributed by atoms with van der Waals surface area (Å²) in [6, 6.07) is 8.84. The van der Waals surface area contributed by atoms with Crippen molar-refractivity contribution in [1.82, 2.24) is 20.0 Å². The van der Waals surface area contributed by atoms with Gasteiger partial charge in [0.05, 0.1) is 0 Å². The Kier molecular flexibility index (Phi) is 11.1. The first kappa shape index (κ1) is 23.7. The van der Waals surface area contributed by atoms with Crippen molar-refractivity contribution in [3.63, 3.8) is 0 Å². The standard InChI is InChI=1S/C19H32BrN5.HI/c1-5-24-10-12-25(13-11-24)16(2)14-22-19(21-3)23(4)15-17-8-6-7-9-18(17)20;/h6-9,16H,5,10-15H2,1-4H3,(H,21,22);1H. The molecule has 1 N–H and O–H groups in total. The van der Waals surface area contributed by atoms with Crippen LogP contribution in [0.4, 0.5) is 0 Å². The molecular weight excluding hydrogens is 505 g/mol. The first-order valence-electron chi connectivity index (χ1n) is 9.16. The van der Waals surface area contributed by atoms with Crippen LogP contribution in [0.25, 0.3) is 0 Å². The largest absolute Gasteiger partial charge is 0.355 e. The number of likely N-dealkylation sites (N-methyl/N-ethyl adjacent to an activating group) is 1. The summed E-state index contributed by atoms with van der Waals surface area (Å²) in [6.07, 6.45) is 0. The number of hydrogen-bond donors (Lipinski definition) is 1. The minimum absolute atomic E-state index is 0. The zero-order chi connectivity index (χ0) is 18.2. The van der Waals surface area contributed by atoms with E-state index in [2.05, 4.69) is 80.0 Å². The Hall–Kier alpha value is -0.380. The summed E-state index contributed by atoms with van der Waals surface area (Å²) in [5.41, 5.74) is 1.26. The van der Waals surface area contributed by atoms with Crippen LogP contribution in [0.5, 0.6) is 0 Å². The van der Waals surface area contributed by atoms with Gasteiger partial charge in [0.25, 0.3) is 0 Å². The molecule has 0 amide bonds. The van der Waals surface area contributed by atoms with Crippen molar-refractivity contribution >= 4 is 45.9 Å². The summed E-state index contributed by atoms with van der Waals surface area (Å²) in [7, 11) is 3.93. The van der Waals surface area contributed by atoms with Crippen molar-refractivity contribution in [2.75, 3.05) is 53.4 Å². The van der Waals surface area contributed by atoms with Gasteiger partial charge in [-0.25, -0.2) is 0 Å². The Balaban J connectivity index is 0.00000338. The fraction of sp³-hybridized carbons (Fsp3) is 0.632. The van der Waals surface area contributed by atoms with Crippen LogP contribution in [-0.4, -0.2) is 80.1 Å². The minimum Gasteiger partial charge on any atom is -0.355 e. The van der Waals surface area contributed by atoms with Crippen molar-refractivity contribution in [3.05, 3.63) is 34.3 Å². The molecule has 7 heteroatoms. The third-order valence-corrected chi connectivity index (χ3v) is 5.75. The molecule has 1 aliphatic heterocycles. The average Bonchev–Trinajstić information content (AvgIpc) is 2.64. The third kappa shape index (κ3) is 6.98. The lowest BCUT2D eigenvalue weighted by atomic mass is 10.2. The topological polar surface area (TPSA) is 34.1 Å². The Morgan fingerprint density at radius 1 is 1.27 bits per heavy atom. The van der Waals surface area contributed by atoms with Gasteiger partial charge in [0.2, 0.25) is 0 Å².